The van der Waals surface area contributed by atoms with Crippen molar-refractivity contribution in [3.63, 3.8) is 0 Å². The predicted molar refractivity (Wildman–Crippen MR) is 427 cm³/mol. The largest absolute Gasteiger partial charge is 0.510 e. The Morgan fingerprint density at radius 1 is 0.447 bits per heavy atom. The molecular weight excluding hydrogens is 1460 g/mol. The molecule has 17 rings (SSSR count). The van der Waals surface area contributed by atoms with Crippen molar-refractivity contribution in [2.45, 2.75) is 33.0 Å². The van der Waals surface area contributed by atoms with Crippen molar-refractivity contribution in [3.05, 3.63) is 393 Å². The molecule has 0 aliphatic carbocycles. The summed E-state index contributed by atoms with van der Waals surface area (Å²) in [6.07, 6.45) is 4.41. The Morgan fingerprint density at radius 2 is 0.981 bits per heavy atom. The van der Waals surface area contributed by atoms with Crippen LogP contribution in [-0.2, 0) is 26.5 Å². The molecule has 3 aromatic heterocycles. The third kappa shape index (κ3) is 11.8. The van der Waals surface area contributed by atoms with E-state index in [1.165, 1.54) is 41.0 Å². The van der Waals surface area contributed by atoms with Crippen LogP contribution in [0.25, 0.3) is 83.4 Å². The molecule has 0 amide bonds. The van der Waals surface area contributed by atoms with E-state index in [9.17, 15) is 42.5 Å². The molecule has 8 heteroatoms. The number of nitrogens with zero attached hydrogens (tertiary/aromatic N) is 4. The molecule has 0 radical (unpaired) electrons. The van der Waals surface area contributed by atoms with Crippen molar-refractivity contribution in [1.29, 1.82) is 0 Å². The van der Waals surface area contributed by atoms with Crippen LogP contribution < -0.4 is 50.8 Å². The molecule has 5 nitrogen and oxygen atoms in total. The standard InChI is InChI=1S/C95H72N4OSi2.Pt/c1-68-61-93(96-66-87(68)70-31-12-5-13-32-70)99-88-51-27-26-49-85(88)86-59-58-76(65-90(86)99)100-75-35-29-34-74(64-75)97-67-98(89-60-55-71(63-91(89)97)69-53-56-73(57-54-69)95(2,3)4)94-84(50-30-52-92(94)102(80-42-20-9-21-43-80,81-44-22-10-23-45-81)82-46-24-11-25-47-82)72-33-28-48-83(62-72)101(77-36-14-6-15-37-77,78-38-16-7-17-39-78)79-40-18-8-19-41-79;/h5-63,66H,1-4H3;/q-2;/i1D3,5D,6D,7D,8D,9D,10D,11D,12D,13D,14D,15D,16D,17D,18D,19D,20D,21D,22D,23D,24D,25D,28D,31D,32D,33D,36D,37D,38D,39D,40D,41D,42D,43D,44D,45D,46D,47D,48D,62D;. The Morgan fingerprint density at radius 3 is 1.57 bits per heavy atom. The van der Waals surface area contributed by atoms with Gasteiger partial charge in [0.25, 0.3) is 6.33 Å². The average molecular weight is 1580 g/mol. The summed E-state index contributed by atoms with van der Waals surface area (Å²) in [5.74, 6) is -0.273. The van der Waals surface area contributed by atoms with E-state index in [1.807, 2.05) is 32.9 Å². The van der Waals surface area contributed by atoms with E-state index in [-0.39, 0.29) is 66.2 Å². The number of hydrogen-bond acceptors (Lipinski definition) is 2. The van der Waals surface area contributed by atoms with Gasteiger partial charge in [-0.2, -0.15) is 18.2 Å². The van der Waals surface area contributed by atoms with Gasteiger partial charge in [0.15, 0.2) is 16.1 Å². The molecule has 0 unspecified atom stereocenters. The monoisotopic (exact) mass is 1580 g/mol. The fourth-order valence-corrected chi connectivity index (χ4v) is 20.5. The predicted octanol–water partition coefficient (Wildman–Crippen LogP) is 17.0. The molecular formula is C95H72N4OPtSi2-2. The molecule has 498 valence electrons. The second-order valence-electron chi connectivity index (χ2n) is 24.3. The minimum Gasteiger partial charge on any atom is -0.510 e. The van der Waals surface area contributed by atoms with Gasteiger partial charge in [-0.1, -0.05) is 335 Å². The van der Waals surface area contributed by atoms with Gasteiger partial charge in [0.2, 0.25) is 0 Å². The molecule has 0 fully saturated rings. The Hall–Kier alpha value is -11.6. The minimum atomic E-state index is -6.85. The van der Waals surface area contributed by atoms with Gasteiger partial charge in [0.05, 0.1) is 70.2 Å². The van der Waals surface area contributed by atoms with Crippen LogP contribution >= 0.6 is 0 Å². The number of imidazole rings is 1. The van der Waals surface area contributed by atoms with Gasteiger partial charge >= 0.3 is 0 Å². The second kappa shape index (κ2) is 27.7. The van der Waals surface area contributed by atoms with Gasteiger partial charge in [0.1, 0.15) is 5.82 Å². The minimum absolute atomic E-state index is 0. The summed E-state index contributed by atoms with van der Waals surface area (Å²) < 4.78 is 415. The number of benzene rings is 14. The Bertz CT molecular complexity index is 8000. The Labute approximate surface area is 678 Å². The fourth-order valence-electron chi connectivity index (χ4n) is 13.0. The van der Waals surface area contributed by atoms with Crippen LogP contribution in [-0.4, -0.2) is 30.3 Å². The molecule has 0 spiro atoms. The smallest absolute Gasteiger partial charge is 0.268 e. The van der Waals surface area contributed by atoms with Crippen LogP contribution in [0.5, 0.6) is 11.5 Å². The number of hydrogen-bond donors (Lipinski definition) is 0. The molecule has 0 aliphatic heterocycles. The third-order valence-electron chi connectivity index (χ3n) is 17.6. The molecule has 3 heterocycles. The summed E-state index contributed by atoms with van der Waals surface area (Å²) in [5, 5.41) is -8.26. The topological polar surface area (TPSA) is 35.9 Å². The average Bonchev–Trinajstić information content (AvgIpc) is 1.63. The molecule has 0 saturated carbocycles. The summed E-state index contributed by atoms with van der Waals surface area (Å²) in [6, 6.07) is -10.4. The molecule has 0 bridgehead atoms. The molecule has 17 aromatic rings. The first-order chi connectivity index (χ1) is 67.5. The van der Waals surface area contributed by atoms with Crippen molar-refractivity contribution in [3.8, 4) is 62.1 Å². The summed E-state index contributed by atoms with van der Waals surface area (Å²) in [4.78, 5) is 4.69. The molecule has 0 atom stereocenters. The van der Waals surface area contributed by atoms with Crippen LogP contribution in [0.15, 0.2) is 363 Å². The normalized spacial score (nSPS) is 17.7. The first-order valence-electron chi connectivity index (χ1n) is 52.6. The van der Waals surface area contributed by atoms with Crippen molar-refractivity contribution in [1.82, 2.24) is 14.1 Å². The van der Waals surface area contributed by atoms with Crippen molar-refractivity contribution >= 4 is 90.5 Å². The maximum atomic E-state index is 11.5. The fraction of sp³-hybridized carbons (Fsp3) is 0.0526. The van der Waals surface area contributed by atoms with E-state index in [0.717, 1.165) is 34.5 Å². The third-order valence-corrected chi connectivity index (χ3v) is 25.8. The van der Waals surface area contributed by atoms with E-state index in [4.69, 9.17) is 24.8 Å². The van der Waals surface area contributed by atoms with Gasteiger partial charge in [-0.25, -0.2) is 4.98 Å². The van der Waals surface area contributed by atoms with E-state index < -0.39 is 334 Å². The zero-order valence-electron chi connectivity index (χ0n) is 96.1. The number of para-hydroxylation sites is 2. The quantitative estimate of drug-likeness (QED) is 0.0418. The molecule has 103 heavy (non-hydrogen) atoms. The zero-order chi connectivity index (χ0) is 105. The summed E-state index contributed by atoms with van der Waals surface area (Å²) in [7, 11) is -13.6. The van der Waals surface area contributed by atoms with Crippen molar-refractivity contribution < 1.29 is 87.9 Å². The van der Waals surface area contributed by atoms with E-state index in [1.54, 1.807) is 59.2 Å². The van der Waals surface area contributed by atoms with Gasteiger partial charge in [-0.15, -0.1) is 29.7 Å². The van der Waals surface area contributed by atoms with Gasteiger partial charge in [-0.05, 0) is 122 Å². The Kier molecular flexibility index (Phi) is 9.14. The Balaban J connectivity index is 0.0000151. The molecule has 0 aliphatic rings. The van der Waals surface area contributed by atoms with Crippen LogP contribution in [0.3, 0.4) is 0 Å². The van der Waals surface area contributed by atoms with Gasteiger partial charge in [0, 0.05) is 54.0 Å². The van der Waals surface area contributed by atoms with Crippen molar-refractivity contribution in [2.24, 2.45) is 0 Å². The maximum Gasteiger partial charge on any atom is 0.268 e. The van der Waals surface area contributed by atoms with Gasteiger partial charge < -0.3 is 13.9 Å². The summed E-state index contributed by atoms with van der Waals surface area (Å²) in [6.45, 7) is 2.92. The summed E-state index contributed by atoms with van der Waals surface area (Å²) in [5.41, 5.74) is -2.24. The van der Waals surface area contributed by atoms with Crippen molar-refractivity contribution in [2.75, 3.05) is 0 Å². The van der Waals surface area contributed by atoms with E-state index in [0.29, 0.717) is 27.4 Å². The first-order valence-corrected chi connectivity index (χ1v) is 35.6. The van der Waals surface area contributed by atoms with E-state index in [2.05, 4.69) is 18.5 Å². The number of rotatable bonds is 16. The van der Waals surface area contributed by atoms with E-state index >= 15 is 0 Å². The van der Waals surface area contributed by atoms with Crippen LogP contribution in [0.4, 0.5) is 0 Å². The number of fused-ring (bicyclic) bond motifs is 4. The molecule has 14 aromatic carbocycles. The number of ether oxygens (including phenoxy) is 1. The van der Waals surface area contributed by atoms with Crippen LogP contribution in [0.1, 0.15) is 89.5 Å². The number of aromatic nitrogens is 4. The number of aryl methyl sites for hydroxylation is 1. The SMILES string of the molecule is [2H]c1c([2H])c([2H])c(-c2cnc(-n3c4[c-]c(Oc5[c-]c(-n6[c-][n+](-c7c(-c8c([2H])c([2H])c([2H])c([Si](c9c([2H])c([2H])c([2H])c([2H])c9[2H])(c9c([2H])c([2H])c([2H])c([2H])c9[2H])c9c([2H])c([2H])c([2H])c([2H])c9[2H])c8[2H])cccc7[Si](c7c([2H])c([2H])c([2H])c([2H])c7[2H])(c7c([2H])c([2H])c([2H])c([2H])c7[2H])c7c([2H])c([2H])c([2H])c([2H])c7[2H])c7ccc(-c8ccc(C(C)(C)C)cc8)cc76)ccc5)ccc4c4ccccc43)cc2C([2H])([2H])[2H])c([2H])c1[2H].[Pt]. The van der Waals surface area contributed by atoms with Crippen LogP contribution in [0, 0.1) is 25.3 Å². The summed E-state index contributed by atoms with van der Waals surface area (Å²) >= 11 is 0. The van der Waals surface area contributed by atoms with Crippen LogP contribution in [0.2, 0.25) is 0 Å². The first kappa shape index (κ1) is 33.9. The maximum absolute atomic E-state index is 11.5. The number of pyridine rings is 1. The second-order valence-corrected chi connectivity index (χ2v) is 31.3. The molecule has 0 saturated heterocycles. The molecule has 0 N–H and O–H groups in total. The van der Waals surface area contributed by atoms with Gasteiger partial charge in [-0.3, -0.25) is 4.57 Å². The zero-order valence-corrected chi connectivity index (χ0v) is 58.4.